The maximum Gasteiger partial charge on any atom is 0.320 e. The summed E-state index contributed by atoms with van der Waals surface area (Å²) < 4.78 is 36.7. The van der Waals surface area contributed by atoms with Gasteiger partial charge in [0.25, 0.3) is 0 Å². The van der Waals surface area contributed by atoms with Gasteiger partial charge in [-0.25, -0.2) is 13.8 Å². The zero-order valence-corrected chi connectivity index (χ0v) is 23.7. The number of nitrogens with zero attached hydrogens (tertiary/aromatic N) is 5. The first-order valence-electron chi connectivity index (χ1n) is 14.7. The van der Waals surface area contributed by atoms with Crippen molar-refractivity contribution in [3.8, 4) is 23.0 Å². The molecule has 4 atom stereocenters. The fraction of sp³-hybridized carbons (Fsp3) is 0.452. The monoisotopic (exact) mass is 592 g/mol. The molecule has 0 unspecified atom stereocenters. The number of anilines is 1. The predicted molar refractivity (Wildman–Crippen MR) is 158 cm³/mol. The van der Waals surface area contributed by atoms with Gasteiger partial charge in [-0.2, -0.15) is 9.97 Å². The quantitative estimate of drug-likeness (QED) is 0.325. The number of rotatable bonds is 5. The van der Waals surface area contributed by atoms with Gasteiger partial charge in [0.1, 0.15) is 35.9 Å². The van der Waals surface area contributed by atoms with E-state index in [0.717, 1.165) is 45.3 Å². The summed E-state index contributed by atoms with van der Waals surface area (Å²) in [5.41, 5.74) is 0.337. The van der Waals surface area contributed by atoms with E-state index in [1.165, 1.54) is 12.1 Å². The molecule has 4 fully saturated rings. The second-order valence-electron chi connectivity index (χ2n) is 12.3. The Bertz CT molecular complexity index is 1710. The second-order valence-corrected chi connectivity index (χ2v) is 12.7. The third-order valence-corrected chi connectivity index (χ3v) is 9.83. The van der Waals surface area contributed by atoms with Crippen LogP contribution in [0.3, 0.4) is 0 Å². The summed E-state index contributed by atoms with van der Waals surface area (Å²) in [7, 11) is 0. The molecule has 11 heteroatoms. The third kappa shape index (κ3) is 4.34. The molecule has 6 heterocycles. The van der Waals surface area contributed by atoms with Gasteiger partial charge in [-0.15, -0.1) is 0 Å². The molecule has 0 radical (unpaired) electrons. The number of hydrogen-bond acceptors (Lipinski definition) is 8. The van der Waals surface area contributed by atoms with E-state index < -0.39 is 12.0 Å². The Morgan fingerprint density at radius 2 is 1.93 bits per heavy atom. The number of benzene rings is 2. The number of ether oxygens (including phenoxy) is 1. The average Bonchev–Trinajstić information content (AvgIpc) is 3.61. The van der Waals surface area contributed by atoms with Gasteiger partial charge in [-0.3, -0.25) is 4.90 Å². The van der Waals surface area contributed by atoms with Crippen LogP contribution >= 0.6 is 11.6 Å². The first kappa shape index (κ1) is 26.3. The van der Waals surface area contributed by atoms with E-state index in [2.05, 4.69) is 20.1 Å². The van der Waals surface area contributed by atoms with Gasteiger partial charge in [0.15, 0.2) is 5.65 Å². The summed E-state index contributed by atoms with van der Waals surface area (Å²) in [4.78, 5) is 18.6. The summed E-state index contributed by atoms with van der Waals surface area (Å²) in [5.74, 6) is -0.0000458. The summed E-state index contributed by atoms with van der Waals surface area (Å²) in [6.45, 7) is 3.05. The van der Waals surface area contributed by atoms with Crippen LogP contribution in [0.5, 0.6) is 11.8 Å². The van der Waals surface area contributed by atoms with Crippen LogP contribution in [0.15, 0.2) is 36.4 Å². The van der Waals surface area contributed by atoms with E-state index in [1.54, 1.807) is 18.2 Å². The number of phenols is 1. The van der Waals surface area contributed by atoms with Crippen LogP contribution < -0.4 is 15.0 Å². The lowest BCUT2D eigenvalue weighted by atomic mass is 9.95. The lowest BCUT2D eigenvalue weighted by Crippen LogP contribution is -2.51. The molecule has 8 rings (SSSR count). The summed E-state index contributed by atoms with van der Waals surface area (Å²) in [6, 6.07) is 10.6. The van der Waals surface area contributed by atoms with Crippen LogP contribution in [0.4, 0.5) is 14.6 Å². The van der Waals surface area contributed by atoms with Crippen molar-refractivity contribution in [1.29, 1.82) is 0 Å². The minimum atomic E-state index is -0.866. The number of hydrogen-bond donors (Lipinski definition) is 2. The van der Waals surface area contributed by atoms with Crippen molar-refractivity contribution in [3.05, 3.63) is 47.2 Å². The molecule has 2 N–H and O–H groups in total. The SMILES string of the molecule is Oc1cc(-c2nc3nc(OC[C@@]45CCCN4C[C@H](F)C5)nc(N4C[C@H]5CC[C@@H](C4)N5)c3cc2F)c2c(Cl)cccc2c1. The standard InChI is InChI=1S/C31H31ClF2N6O2/c32-24-4-1-3-17-9-21(41)10-22(26(17)24)27-25(34)11-23-28(36-27)37-30(38-29(23)39-14-19-5-6-20(15-39)35-19)42-16-31-7-2-8-40(31)13-18(33)12-31/h1,3-4,9-11,18-20,35,41H,2,5-8,12-16H2/t18-,19-,20+,31+/m1/s1. The van der Waals surface area contributed by atoms with Gasteiger partial charge < -0.3 is 20.1 Å². The van der Waals surface area contributed by atoms with Crippen molar-refractivity contribution >= 4 is 39.2 Å². The van der Waals surface area contributed by atoms with Crippen molar-refractivity contribution < 1.29 is 18.6 Å². The molecule has 8 nitrogen and oxygen atoms in total. The summed E-state index contributed by atoms with van der Waals surface area (Å²) in [5, 5.41) is 16.3. The van der Waals surface area contributed by atoms with Crippen LogP contribution in [0.1, 0.15) is 32.1 Å². The first-order valence-corrected chi connectivity index (χ1v) is 15.1. The number of phenolic OH excluding ortho intramolecular Hbond substituents is 1. The number of pyridine rings is 1. The fourth-order valence-corrected chi connectivity index (χ4v) is 7.94. The van der Waals surface area contributed by atoms with Crippen LogP contribution in [0, 0.1) is 5.82 Å². The van der Waals surface area contributed by atoms with Crippen molar-refractivity contribution in [2.75, 3.05) is 37.7 Å². The molecular formula is C31H31ClF2N6O2. The summed E-state index contributed by atoms with van der Waals surface area (Å²) in [6.07, 6.45) is 3.61. The highest BCUT2D eigenvalue weighted by Crippen LogP contribution is 2.42. The number of alkyl halides is 1. The zero-order chi connectivity index (χ0) is 28.6. The van der Waals surface area contributed by atoms with E-state index in [1.807, 2.05) is 6.07 Å². The van der Waals surface area contributed by atoms with Gasteiger partial charge >= 0.3 is 6.01 Å². The smallest absolute Gasteiger partial charge is 0.320 e. The molecule has 218 valence electrons. The van der Waals surface area contributed by atoms with E-state index in [-0.39, 0.29) is 35.2 Å². The lowest BCUT2D eigenvalue weighted by Gasteiger charge is -2.34. The van der Waals surface area contributed by atoms with E-state index in [9.17, 15) is 9.50 Å². The van der Waals surface area contributed by atoms with Crippen molar-refractivity contribution in [2.24, 2.45) is 0 Å². The molecule has 4 saturated heterocycles. The van der Waals surface area contributed by atoms with Crippen molar-refractivity contribution in [1.82, 2.24) is 25.2 Å². The van der Waals surface area contributed by atoms with E-state index in [0.29, 0.717) is 57.6 Å². The Hall–Kier alpha value is -3.34. The van der Waals surface area contributed by atoms with Gasteiger partial charge in [0.2, 0.25) is 0 Å². The van der Waals surface area contributed by atoms with E-state index >= 15 is 4.39 Å². The molecule has 0 amide bonds. The number of aromatic hydroxyl groups is 1. The maximum absolute atomic E-state index is 16.0. The highest BCUT2D eigenvalue weighted by molar-refractivity contribution is 6.36. The predicted octanol–water partition coefficient (Wildman–Crippen LogP) is 5.24. The zero-order valence-electron chi connectivity index (χ0n) is 23.0. The normalized spacial score (nSPS) is 27.3. The fourth-order valence-electron chi connectivity index (χ4n) is 7.66. The topological polar surface area (TPSA) is 86.6 Å². The maximum atomic E-state index is 16.0. The van der Waals surface area contributed by atoms with E-state index in [4.69, 9.17) is 26.3 Å². The van der Waals surface area contributed by atoms with Gasteiger partial charge in [-0.05, 0) is 61.9 Å². The molecule has 42 heavy (non-hydrogen) atoms. The Balaban J connectivity index is 1.25. The first-order chi connectivity index (χ1) is 20.3. The minimum Gasteiger partial charge on any atom is -0.508 e. The van der Waals surface area contributed by atoms with Crippen LogP contribution in [-0.4, -0.2) is 81.5 Å². The van der Waals surface area contributed by atoms with Crippen molar-refractivity contribution in [2.45, 2.75) is 55.9 Å². The number of piperazine rings is 1. The third-order valence-electron chi connectivity index (χ3n) is 9.51. The minimum absolute atomic E-state index is 0.0205. The highest BCUT2D eigenvalue weighted by atomic mass is 35.5. The highest BCUT2D eigenvalue weighted by Gasteiger charge is 2.49. The molecular weight excluding hydrogens is 562 g/mol. The Morgan fingerprint density at radius 3 is 2.76 bits per heavy atom. The largest absolute Gasteiger partial charge is 0.508 e. The molecule has 0 spiro atoms. The average molecular weight is 593 g/mol. The Kier molecular flexibility index (Phi) is 6.17. The Labute approximate surface area is 246 Å². The number of nitrogens with one attached hydrogen (secondary N) is 1. The van der Waals surface area contributed by atoms with Gasteiger partial charge in [0.05, 0.1) is 10.9 Å². The molecule has 4 aliphatic heterocycles. The van der Waals surface area contributed by atoms with Crippen molar-refractivity contribution in [3.63, 3.8) is 0 Å². The van der Waals surface area contributed by atoms with Gasteiger partial charge in [-0.1, -0.05) is 23.7 Å². The number of aromatic nitrogens is 3. The molecule has 4 aliphatic rings. The van der Waals surface area contributed by atoms with Crippen LogP contribution in [-0.2, 0) is 0 Å². The Morgan fingerprint density at radius 1 is 1.10 bits per heavy atom. The molecule has 0 aliphatic carbocycles. The molecule has 4 aromatic rings. The van der Waals surface area contributed by atoms with Gasteiger partial charge in [0, 0.05) is 54.1 Å². The molecule has 2 aromatic carbocycles. The second kappa shape index (κ2) is 9.86. The molecule has 0 saturated carbocycles. The molecule has 2 bridgehead atoms. The van der Waals surface area contributed by atoms with Crippen LogP contribution in [0.25, 0.3) is 33.1 Å². The summed E-state index contributed by atoms with van der Waals surface area (Å²) >= 11 is 6.56. The number of halogens is 3. The van der Waals surface area contributed by atoms with Crippen LogP contribution in [0.2, 0.25) is 5.02 Å². The number of fused-ring (bicyclic) bond motifs is 5. The molecule has 2 aromatic heterocycles. The lowest BCUT2D eigenvalue weighted by molar-refractivity contribution is 0.107.